The van der Waals surface area contributed by atoms with Crippen LogP contribution in [-0.4, -0.2) is 54.2 Å². The third-order valence-electron chi connectivity index (χ3n) is 8.12. The van der Waals surface area contributed by atoms with Gasteiger partial charge in [-0.15, -0.1) is 0 Å². The predicted octanol–water partition coefficient (Wildman–Crippen LogP) is 3.41. The van der Waals surface area contributed by atoms with E-state index in [-0.39, 0.29) is 30.9 Å². The number of pyridine rings is 1. The topological polar surface area (TPSA) is 127 Å². The maximum atomic E-state index is 13.7. The smallest absolute Gasteiger partial charge is 0.251 e. The van der Waals surface area contributed by atoms with Gasteiger partial charge in [0.05, 0.1) is 24.0 Å². The molecule has 1 saturated carbocycles. The molecule has 1 aliphatic carbocycles. The number of hydrogen-bond acceptors (Lipinski definition) is 7. The molecule has 6 rings (SSSR count). The van der Waals surface area contributed by atoms with Crippen LogP contribution in [0.25, 0.3) is 11.3 Å². The Morgan fingerprint density at radius 2 is 1.95 bits per heavy atom. The van der Waals surface area contributed by atoms with Gasteiger partial charge in [0, 0.05) is 29.8 Å². The number of rotatable bonds is 9. The van der Waals surface area contributed by atoms with Crippen LogP contribution in [-0.2, 0) is 15.8 Å². The van der Waals surface area contributed by atoms with Crippen LogP contribution in [0.2, 0.25) is 0 Å². The average Bonchev–Trinajstić information content (AvgIpc) is 3.67. The van der Waals surface area contributed by atoms with Crippen molar-refractivity contribution in [1.82, 2.24) is 10.3 Å². The lowest BCUT2D eigenvalue weighted by Gasteiger charge is -2.34. The van der Waals surface area contributed by atoms with Crippen molar-refractivity contribution in [3.8, 4) is 22.8 Å². The summed E-state index contributed by atoms with van der Waals surface area (Å²) in [6.45, 7) is 4.88. The molecule has 0 bridgehead atoms. The first-order chi connectivity index (χ1) is 19.5. The number of hydrogen-bond donors (Lipinski definition) is 3. The van der Waals surface area contributed by atoms with E-state index >= 15 is 0 Å². The fourth-order valence-corrected chi connectivity index (χ4v) is 5.04. The summed E-state index contributed by atoms with van der Waals surface area (Å²) in [6.07, 6.45) is 3.42. The fraction of sp³-hybridized carbons (Fsp3) is 0.387. The SMILES string of the molecule is C[C@](O)(CNC(=O)c1ccc(OC2CC2)c(N2CCC2)c1)c1cc2c(c(-c3ccc(F)cc3)n1)OC[C@]2(C)C(N)=O. The minimum absolute atomic E-state index is 0.00960. The van der Waals surface area contributed by atoms with Crippen molar-refractivity contribution in [3.63, 3.8) is 0 Å². The highest BCUT2D eigenvalue weighted by Crippen LogP contribution is 2.45. The second kappa shape index (κ2) is 10.0. The molecule has 41 heavy (non-hydrogen) atoms. The largest absolute Gasteiger partial charge is 0.489 e. The summed E-state index contributed by atoms with van der Waals surface area (Å²) in [7, 11) is 0. The lowest BCUT2D eigenvalue weighted by Crippen LogP contribution is -2.41. The number of nitrogens with zero attached hydrogens (tertiary/aromatic N) is 2. The Bertz CT molecular complexity index is 1520. The van der Waals surface area contributed by atoms with Gasteiger partial charge in [0.1, 0.15) is 40.6 Å². The summed E-state index contributed by atoms with van der Waals surface area (Å²) in [5, 5.41) is 14.4. The number of nitrogens with one attached hydrogen (secondary N) is 1. The van der Waals surface area contributed by atoms with E-state index in [9.17, 15) is 19.1 Å². The molecular weight excluding hydrogens is 527 g/mol. The molecule has 1 saturated heterocycles. The molecule has 2 amide bonds. The number of halogens is 1. The summed E-state index contributed by atoms with van der Waals surface area (Å²) >= 11 is 0. The maximum absolute atomic E-state index is 13.7. The monoisotopic (exact) mass is 560 g/mol. The number of amides is 2. The van der Waals surface area contributed by atoms with E-state index in [2.05, 4.69) is 15.2 Å². The molecule has 3 heterocycles. The van der Waals surface area contributed by atoms with Gasteiger partial charge in [-0.05, 0) is 81.6 Å². The highest BCUT2D eigenvalue weighted by atomic mass is 19.1. The lowest BCUT2D eigenvalue weighted by atomic mass is 9.82. The second-order valence-corrected chi connectivity index (χ2v) is 11.5. The summed E-state index contributed by atoms with van der Waals surface area (Å²) < 4.78 is 25.6. The quantitative estimate of drug-likeness (QED) is 0.366. The molecule has 0 spiro atoms. The van der Waals surface area contributed by atoms with Crippen LogP contribution in [0.15, 0.2) is 48.5 Å². The number of benzene rings is 2. The van der Waals surface area contributed by atoms with Crippen molar-refractivity contribution >= 4 is 17.5 Å². The fourth-order valence-electron chi connectivity index (χ4n) is 5.04. The summed E-state index contributed by atoms with van der Waals surface area (Å²) in [6, 6.07) is 12.7. The normalized spacial score (nSPS) is 20.8. The molecule has 2 fully saturated rings. The molecule has 10 heteroatoms. The summed E-state index contributed by atoms with van der Waals surface area (Å²) in [4.78, 5) is 32.5. The van der Waals surface area contributed by atoms with Crippen LogP contribution in [0, 0.1) is 5.82 Å². The van der Waals surface area contributed by atoms with Crippen molar-refractivity contribution in [2.75, 3.05) is 31.1 Å². The Labute approximate surface area is 237 Å². The van der Waals surface area contributed by atoms with Crippen LogP contribution in [0.5, 0.6) is 11.5 Å². The van der Waals surface area contributed by atoms with E-state index in [4.69, 9.17) is 15.2 Å². The Kier molecular flexibility index (Phi) is 6.60. The van der Waals surface area contributed by atoms with Crippen LogP contribution in [0.4, 0.5) is 10.1 Å². The van der Waals surface area contributed by atoms with Crippen molar-refractivity contribution in [1.29, 1.82) is 0 Å². The second-order valence-electron chi connectivity index (χ2n) is 11.5. The first-order valence-electron chi connectivity index (χ1n) is 13.9. The number of anilines is 1. The number of aliphatic hydroxyl groups is 1. The predicted molar refractivity (Wildman–Crippen MR) is 150 cm³/mol. The van der Waals surface area contributed by atoms with E-state index in [0.29, 0.717) is 28.1 Å². The highest BCUT2D eigenvalue weighted by Gasteiger charge is 2.45. The van der Waals surface area contributed by atoms with Gasteiger partial charge < -0.3 is 30.5 Å². The van der Waals surface area contributed by atoms with Crippen molar-refractivity contribution in [3.05, 3.63) is 71.2 Å². The standard InChI is InChI=1S/C31H33FN4O5/c1-30(29(33)38)17-40-27-22(30)15-25(35-26(27)18-4-7-20(32)8-5-18)31(2,39)16-34-28(37)19-6-11-24(41-21-9-10-21)23(14-19)36-12-3-13-36/h4-8,11,14-15,21,39H,3,9-10,12-13,16-17H2,1-2H3,(H2,33,38)(H,34,37)/t30-,31-/m0/s1. The van der Waals surface area contributed by atoms with Crippen molar-refractivity contribution in [2.45, 2.75) is 50.2 Å². The Morgan fingerprint density at radius 1 is 1.22 bits per heavy atom. The van der Waals surface area contributed by atoms with Crippen LogP contribution < -0.4 is 25.4 Å². The van der Waals surface area contributed by atoms with Gasteiger partial charge in [0.25, 0.3) is 5.91 Å². The van der Waals surface area contributed by atoms with E-state index in [1.165, 1.54) is 19.1 Å². The number of primary amides is 1. The molecule has 3 aliphatic rings. The molecule has 214 valence electrons. The third kappa shape index (κ3) is 5.08. The molecular formula is C31H33FN4O5. The van der Waals surface area contributed by atoms with Crippen LogP contribution >= 0.6 is 0 Å². The summed E-state index contributed by atoms with van der Waals surface area (Å²) in [5.74, 6) is -0.211. The van der Waals surface area contributed by atoms with E-state index in [0.717, 1.165) is 43.8 Å². The van der Waals surface area contributed by atoms with Crippen molar-refractivity contribution in [2.24, 2.45) is 5.73 Å². The number of carbonyl (C=O) groups is 2. The van der Waals surface area contributed by atoms with Crippen LogP contribution in [0.1, 0.15) is 54.7 Å². The van der Waals surface area contributed by atoms with Gasteiger partial charge in [-0.25, -0.2) is 9.37 Å². The lowest BCUT2D eigenvalue weighted by molar-refractivity contribution is -0.123. The molecule has 2 aliphatic heterocycles. The zero-order valence-corrected chi connectivity index (χ0v) is 23.1. The Hall–Kier alpha value is -4.18. The Morgan fingerprint density at radius 3 is 2.59 bits per heavy atom. The maximum Gasteiger partial charge on any atom is 0.251 e. The molecule has 4 N–H and O–H groups in total. The third-order valence-corrected chi connectivity index (χ3v) is 8.12. The van der Waals surface area contributed by atoms with Gasteiger partial charge in [-0.2, -0.15) is 0 Å². The zero-order valence-electron chi connectivity index (χ0n) is 23.1. The minimum atomic E-state index is -1.63. The van der Waals surface area contributed by atoms with Crippen molar-refractivity contribution < 1.29 is 28.6 Å². The summed E-state index contributed by atoms with van der Waals surface area (Å²) in [5.41, 5.74) is 5.90. The van der Waals surface area contributed by atoms with Gasteiger partial charge in [0.2, 0.25) is 5.91 Å². The van der Waals surface area contributed by atoms with Gasteiger partial charge >= 0.3 is 0 Å². The number of aromatic nitrogens is 1. The molecule has 9 nitrogen and oxygen atoms in total. The van der Waals surface area contributed by atoms with Gasteiger partial charge in [0.15, 0.2) is 0 Å². The average molecular weight is 561 g/mol. The molecule has 0 unspecified atom stereocenters. The molecule has 0 radical (unpaired) electrons. The van der Waals surface area contributed by atoms with Gasteiger partial charge in [-0.3, -0.25) is 9.59 Å². The van der Waals surface area contributed by atoms with E-state index in [1.807, 2.05) is 12.1 Å². The number of fused-ring (bicyclic) bond motifs is 1. The molecule has 2 aromatic carbocycles. The van der Waals surface area contributed by atoms with E-state index < -0.39 is 22.7 Å². The van der Waals surface area contributed by atoms with Gasteiger partial charge in [-0.1, -0.05) is 0 Å². The van der Waals surface area contributed by atoms with E-state index in [1.54, 1.807) is 31.2 Å². The van der Waals surface area contributed by atoms with Crippen LogP contribution in [0.3, 0.4) is 0 Å². The first kappa shape index (κ1) is 27.0. The number of ether oxygens (including phenoxy) is 2. The molecule has 2 atom stereocenters. The molecule has 1 aromatic heterocycles. The zero-order chi connectivity index (χ0) is 28.9. The number of carbonyl (C=O) groups excluding carboxylic acids is 2. The molecule has 3 aromatic rings. The first-order valence-corrected chi connectivity index (χ1v) is 13.9. The Balaban J connectivity index is 1.28. The number of nitrogens with two attached hydrogens (primary N) is 1. The minimum Gasteiger partial charge on any atom is -0.489 e. The highest BCUT2D eigenvalue weighted by molar-refractivity contribution is 5.96.